The van der Waals surface area contributed by atoms with E-state index in [1.165, 1.54) is 19.4 Å². The van der Waals surface area contributed by atoms with Gasteiger partial charge < -0.3 is 30.6 Å². The summed E-state index contributed by atoms with van der Waals surface area (Å²) in [6.07, 6.45) is 4.67. The van der Waals surface area contributed by atoms with E-state index in [1.807, 2.05) is 4.90 Å². The molecule has 4 N–H and O–H groups in total. The number of halogens is 4. The second-order valence-electron chi connectivity index (χ2n) is 13.2. The predicted molar refractivity (Wildman–Crippen MR) is 180 cm³/mol. The van der Waals surface area contributed by atoms with E-state index in [4.69, 9.17) is 42.3 Å². The van der Waals surface area contributed by atoms with Gasteiger partial charge in [0.1, 0.15) is 29.8 Å². The lowest BCUT2D eigenvalue weighted by Crippen LogP contribution is -2.43. The van der Waals surface area contributed by atoms with Crippen LogP contribution in [0.25, 0.3) is 22.2 Å². The van der Waals surface area contributed by atoms with Crippen molar-refractivity contribution in [3.8, 4) is 17.3 Å². The number of hydrogen-bond donors (Lipinski definition) is 2. The number of carbonyl (C=O) groups excluding carboxylic acids is 1. The highest BCUT2D eigenvalue weighted by molar-refractivity contribution is 6.32. The molecule has 0 aliphatic carbocycles. The van der Waals surface area contributed by atoms with Crippen LogP contribution in [0.1, 0.15) is 50.5 Å². The zero-order valence-corrected chi connectivity index (χ0v) is 28.4. The number of nitrogens with zero attached hydrogens (tertiary/aromatic N) is 5. The molecule has 1 aromatic carbocycles. The summed E-state index contributed by atoms with van der Waals surface area (Å²) in [5.41, 5.74) is 11.5. The minimum Gasteiger partial charge on any atom is -0.469 e. The Morgan fingerprint density at radius 2 is 2.04 bits per heavy atom. The molecule has 0 amide bonds. The third kappa shape index (κ3) is 7.38. The van der Waals surface area contributed by atoms with Gasteiger partial charge in [-0.25, -0.2) is 13.2 Å². The molecule has 3 aliphatic rings. The Labute approximate surface area is 288 Å². The van der Waals surface area contributed by atoms with Crippen molar-refractivity contribution in [1.82, 2.24) is 19.9 Å². The van der Waals surface area contributed by atoms with Crippen LogP contribution in [0, 0.1) is 17.6 Å². The molecule has 11 nitrogen and oxygen atoms in total. The van der Waals surface area contributed by atoms with Crippen molar-refractivity contribution >= 4 is 40.0 Å². The molecule has 15 heteroatoms. The summed E-state index contributed by atoms with van der Waals surface area (Å²) in [6, 6.07) is 1.28. The summed E-state index contributed by atoms with van der Waals surface area (Å²) in [5, 5.41) is 0.119. The predicted octanol–water partition coefficient (Wildman–Crippen LogP) is 4.85. The van der Waals surface area contributed by atoms with Crippen LogP contribution in [0.2, 0.25) is 5.02 Å². The fourth-order valence-corrected chi connectivity index (χ4v) is 7.76. The fraction of sp³-hybridized carbons (Fsp3) is 0.588. The van der Waals surface area contributed by atoms with E-state index in [0.717, 1.165) is 25.8 Å². The van der Waals surface area contributed by atoms with Crippen molar-refractivity contribution < 1.29 is 32.2 Å². The molecule has 2 aromatic heterocycles. The van der Waals surface area contributed by atoms with Gasteiger partial charge in [-0.15, -0.1) is 0 Å². The first-order chi connectivity index (χ1) is 23.6. The molecule has 3 aliphatic heterocycles. The van der Waals surface area contributed by atoms with Crippen LogP contribution in [0.3, 0.4) is 0 Å². The van der Waals surface area contributed by atoms with Gasteiger partial charge in [0, 0.05) is 50.2 Å². The first-order valence-corrected chi connectivity index (χ1v) is 17.3. The maximum atomic E-state index is 16.9. The molecule has 3 saturated heterocycles. The monoisotopic (exact) mass is 705 g/mol. The van der Waals surface area contributed by atoms with Crippen LogP contribution in [-0.4, -0.2) is 97.2 Å². The molecule has 49 heavy (non-hydrogen) atoms. The Kier molecular flexibility index (Phi) is 11.0. The molecule has 266 valence electrons. The van der Waals surface area contributed by atoms with E-state index in [1.54, 1.807) is 0 Å². The van der Waals surface area contributed by atoms with Crippen molar-refractivity contribution in [2.24, 2.45) is 11.7 Å². The highest BCUT2D eigenvalue weighted by Gasteiger charge is 2.49. The number of pyridine rings is 1. The van der Waals surface area contributed by atoms with Crippen LogP contribution in [-0.2, 0) is 20.7 Å². The summed E-state index contributed by atoms with van der Waals surface area (Å²) in [5.74, 6) is -1.41. The van der Waals surface area contributed by atoms with E-state index in [0.29, 0.717) is 75.4 Å². The summed E-state index contributed by atoms with van der Waals surface area (Å²) in [7, 11) is 1.31. The molecule has 0 radical (unpaired) electrons. The second-order valence-corrected chi connectivity index (χ2v) is 13.6. The molecular formula is C34H43ClF3N7O4. The summed E-state index contributed by atoms with van der Waals surface area (Å²) in [4.78, 5) is 29.6. The first-order valence-electron chi connectivity index (χ1n) is 16.9. The number of hydrogen-bond acceptors (Lipinski definition) is 11. The quantitative estimate of drug-likeness (QED) is 0.152. The minimum absolute atomic E-state index is 0.0395. The number of esters is 1. The average molecular weight is 706 g/mol. The molecule has 0 spiro atoms. The van der Waals surface area contributed by atoms with Gasteiger partial charge in [-0.05, 0) is 63.2 Å². The maximum Gasteiger partial charge on any atom is 0.319 e. The number of ether oxygens (including phenoxy) is 3. The summed E-state index contributed by atoms with van der Waals surface area (Å²) >= 11 is 6.46. The second kappa shape index (κ2) is 15.2. The van der Waals surface area contributed by atoms with E-state index in [-0.39, 0.29) is 64.8 Å². The first kappa shape index (κ1) is 35.4. The standard InChI is InChI=1S/C34H43ClF3N7O4/c1-47-26(46)6-3-2-5-22-23(13-25(40)28(37)27(22)35)30-29(38)31-24(15-41-30)32(44-11-12-48-18-20(16-44)7-9-39)43-33(42-31)49-19-34-8-4-10-45(34)17-21(36)14-34/h13,15,20-21H,2-12,14,16-19,39-40H2,1H3/t20?,21-,34+/m1/s1. The van der Waals surface area contributed by atoms with Crippen LogP contribution >= 0.6 is 11.6 Å². The lowest BCUT2D eigenvalue weighted by molar-refractivity contribution is -0.140. The van der Waals surface area contributed by atoms with E-state index in [2.05, 4.69) is 14.9 Å². The van der Waals surface area contributed by atoms with E-state index < -0.39 is 23.3 Å². The van der Waals surface area contributed by atoms with Gasteiger partial charge in [0.25, 0.3) is 0 Å². The molecule has 3 atom stereocenters. The topological polar surface area (TPSA) is 142 Å². The van der Waals surface area contributed by atoms with Crippen molar-refractivity contribution in [1.29, 1.82) is 0 Å². The maximum absolute atomic E-state index is 16.9. The Morgan fingerprint density at radius 1 is 1.20 bits per heavy atom. The number of anilines is 2. The van der Waals surface area contributed by atoms with E-state index in [9.17, 15) is 13.6 Å². The molecule has 3 fully saturated rings. The molecule has 1 unspecified atom stereocenters. The lowest BCUT2D eigenvalue weighted by atomic mass is 9.95. The van der Waals surface area contributed by atoms with Gasteiger partial charge in [0.2, 0.25) is 0 Å². The molecule has 3 aromatic rings. The Balaban J connectivity index is 1.42. The number of nitrogen functional groups attached to an aromatic ring is 1. The van der Waals surface area contributed by atoms with Crippen LogP contribution in [0.15, 0.2) is 12.3 Å². The molecule has 5 heterocycles. The number of carbonyl (C=O) groups is 1. The van der Waals surface area contributed by atoms with Gasteiger partial charge in [-0.3, -0.25) is 14.7 Å². The third-order valence-electron chi connectivity index (χ3n) is 9.96. The zero-order chi connectivity index (χ0) is 34.7. The Morgan fingerprint density at radius 3 is 2.84 bits per heavy atom. The van der Waals surface area contributed by atoms with Crippen LogP contribution in [0.4, 0.5) is 24.7 Å². The molecule has 0 saturated carbocycles. The number of rotatable bonds is 12. The van der Waals surface area contributed by atoms with Gasteiger partial charge in [0.15, 0.2) is 11.6 Å². The average Bonchev–Trinajstić information content (AvgIpc) is 3.51. The van der Waals surface area contributed by atoms with Crippen molar-refractivity contribution in [3.63, 3.8) is 0 Å². The number of benzene rings is 1. The highest BCUT2D eigenvalue weighted by Crippen LogP contribution is 2.42. The minimum atomic E-state index is -0.940. The number of alkyl halides is 1. The molecule has 6 rings (SSSR count). The van der Waals surface area contributed by atoms with Gasteiger partial charge in [-0.1, -0.05) is 11.6 Å². The summed E-state index contributed by atoms with van der Waals surface area (Å²) in [6.45, 7) is 3.82. The smallest absolute Gasteiger partial charge is 0.319 e. The van der Waals surface area contributed by atoms with Crippen LogP contribution < -0.4 is 21.1 Å². The SMILES string of the molecule is COC(=O)CCCCc1c(-c2ncc3c(N4CCOCC(CCN)C4)nc(OC[C@@]45CCCN4C[C@H](F)C5)nc3c2F)cc(N)c(F)c1Cl. The number of unbranched alkanes of at least 4 members (excludes halogenated alkanes) is 1. The number of fused-ring (bicyclic) bond motifs is 2. The van der Waals surface area contributed by atoms with Crippen molar-refractivity contribution in [2.75, 3.05) is 70.3 Å². The highest BCUT2D eigenvalue weighted by atomic mass is 35.5. The van der Waals surface area contributed by atoms with Crippen molar-refractivity contribution in [2.45, 2.75) is 63.1 Å². The largest absolute Gasteiger partial charge is 0.469 e. The zero-order valence-electron chi connectivity index (χ0n) is 27.7. The normalized spacial score (nSPS) is 22.8. The molecular weight excluding hydrogens is 663 g/mol. The van der Waals surface area contributed by atoms with Gasteiger partial charge >= 0.3 is 12.0 Å². The van der Waals surface area contributed by atoms with Crippen LogP contribution in [0.5, 0.6) is 6.01 Å². The number of nitrogens with two attached hydrogens (primary N) is 2. The molecule has 0 bridgehead atoms. The Hall–Kier alpha value is -3.46. The Bertz CT molecular complexity index is 1690. The summed E-state index contributed by atoms with van der Waals surface area (Å²) < 4.78 is 63.2. The lowest BCUT2D eigenvalue weighted by Gasteiger charge is -2.31. The third-order valence-corrected chi connectivity index (χ3v) is 10.4. The van der Waals surface area contributed by atoms with Gasteiger partial charge in [-0.2, -0.15) is 9.97 Å². The number of methoxy groups -OCH3 is 1. The van der Waals surface area contributed by atoms with Gasteiger partial charge in [0.05, 0.1) is 42.0 Å². The number of aromatic nitrogens is 3. The van der Waals surface area contributed by atoms with Crippen molar-refractivity contribution in [3.05, 3.63) is 34.5 Å². The van der Waals surface area contributed by atoms with E-state index >= 15 is 4.39 Å². The fourth-order valence-electron chi connectivity index (χ4n) is 7.46.